The standard InChI is InChI=1S/C18H28N4O4/c1-17(13-19,11-7-3-5-9-15(23)24)21-22-18(2,14-20)12-8-4-6-10-16(25)26/h3-12H2,1-2H3,(H,23,24)(H,25,26)/b22-21+. The van der Waals surface area contributed by atoms with E-state index in [-0.39, 0.29) is 12.8 Å². The summed E-state index contributed by atoms with van der Waals surface area (Å²) >= 11 is 0. The molecule has 0 bridgehead atoms. The lowest BCUT2D eigenvalue weighted by atomic mass is 9.95. The summed E-state index contributed by atoms with van der Waals surface area (Å²) in [6.07, 6.45) is 4.94. The van der Waals surface area contributed by atoms with Crippen molar-refractivity contribution >= 4 is 11.9 Å². The number of carboxylic acids is 2. The molecule has 0 aliphatic rings. The number of carboxylic acid groups (broad SMARTS) is 2. The minimum absolute atomic E-state index is 0.110. The Labute approximate surface area is 154 Å². The van der Waals surface area contributed by atoms with Crippen LogP contribution in [0.4, 0.5) is 0 Å². The number of hydrogen-bond acceptors (Lipinski definition) is 6. The third kappa shape index (κ3) is 11.1. The fraction of sp³-hybridized carbons (Fsp3) is 0.778. The van der Waals surface area contributed by atoms with Crippen LogP contribution in [0.5, 0.6) is 0 Å². The molecule has 2 unspecified atom stereocenters. The molecule has 8 heteroatoms. The second-order valence-electron chi connectivity index (χ2n) is 6.88. The van der Waals surface area contributed by atoms with Crippen molar-refractivity contribution in [3.8, 4) is 12.1 Å². The van der Waals surface area contributed by atoms with Gasteiger partial charge in [0.2, 0.25) is 0 Å². The first kappa shape index (κ1) is 23.5. The summed E-state index contributed by atoms with van der Waals surface area (Å²) in [6, 6.07) is 4.22. The zero-order valence-corrected chi connectivity index (χ0v) is 15.6. The quantitative estimate of drug-likeness (QED) is 0.350. The first-order valence-electron chi connectivity index (χ1n) is 8.86. The summed E-state index contributed by atoms with van der Waals surface area (Å²) in [5.41, 5.74) is -2.07. The van der Waals surface area contributed by atoms with Crippen LogP contribution in [0.25, 0.3) is 0 Å². The van der Waals surface area contributed by atoms with E-state index in [0.717, 1.165) is 0 Å². The molecular formula is C18H28N4O4. The van der Waals surface area contributed by atoms with Gasteiger partial charge in [-0.15, -0.1) is 0 Å². The van der Waals surface area contributed by atoms with Crippen molar-refractivity contribution in [3.63, 3.8) is 0 Å². The molecule has 0 heterocycles. The zero-order valence-electron chi connectivity index (χ0n) is 15.6. The van der Waals surface area contributed by atoms with Crippen molar-refractivity contribution in [2.24, 2.45) is 10.2 Å². The number of nitrogens with zero attached hydrogens (tertiary/aromatic N) is 4. The second kappa shape index (κ2) is 12.0. The van der Waals surface area contributed by atoms with Gasteiger partial charge >= 0.3 is 11.9 Å². The van der Waals surface area contributed by atoms with E-state index in [4.69, 9.17) is 10.2 Å². The number of azo groups is 1. The number of aliphatic carboxylic acids is 2. The van der Waals surface area contributed by atoms with Crippen LogP contribution in [-0.2, 0) is 9.59 Å². The van der Waals surface area contributed by atoms with Crippen LogP contribution in [0, 0.1) is 22.7 Å². The summed E-state index contributed by atoms with van der Waals surface area (Å²) in [5, 5.41) is 44.1. The van der Waals surface area contributed by atoms with E-state index in [1.165, 1.54) is 0 Å². The van der Waals surface area contributed by atoms with Gasteiger partial charge in [-0.25, -0.2) is 0 Å². The predicted octanol–water partition coefficient (Wildman–Crippen LogP) is 4.07. The normalized spacial score (nSPS) is 15.5. The molecule has 0 aromatic rings. The minimum atomic E-state index is -1.04. The van der Waals surface area contributed by atoms with Crippen LogP contribution >= 0.6 is 0 Å². The van der Waals surface area contributed by atoms with Gasteiger partial charge in [-0.3, -0.25) is 9.59 Å². The Morgan fingerprint density at radius 1 is 0.769 bits per heavy atom. The van der Waals surface area contributed by atoms with Crippen LogP contribution in [0.3, 0.4) is 0 Å². The third-order valence-electron chi connectivity index (χ3n) is 4.08. The average molecular weight is 364 g/mol. The number of unbranched alkanes of at least 4 members (excludes halogenated alkanes) is 4. The van der Waals surface area contributed by atoms with Crippen LogP contribution in [0.15, 0.2) is 10.2 Å². The first-order chi connectivity index (χ1) is 12.2. The smallest absolute Gasteiger partial charge is 0.303 e. The maximum Gasteiger partial charge on any atom is 0.303 e. The van der Waals surface area contributed by atoms with E-state index in [2.05, 4.69) is 22.4 Å². The molecule has 2 atom stereocenters. The van der Waals surface area contributed by atoms with E-state index in [9.17, 15) is 20.1 Å². The highest BCUT2D eigenvalue weighted by Gasteiger charge is 2.27. The Morgan fingerprint density at radius 2 is 1.12 bits per heavy atom. The van der Waals surface area contributed by atoms with Crippen LogP contribution < -0.4 is 0 Å². The van der Waals surface area contributed by atoms with Gasteiger partial charge in [0.05, 0.1) is 12.1 Å². The maximum atomic E-state index is 10.5. The maximum absolute atomic E-state index is 10.5. The SMILES string of the molecule is CC(C#N)(CCCCCC(=O)O)/N=N/C(C)(C#N)CCCCCC(=O)O. The number of carbonyl (C=O) groups is 2. The molecule has 0 aromatic carbocycles. The molecule has 144 valence electrons. The molecule has 0 aliphatic heterocycles. The molecule has 26 heavy (non-hydrogen) atoms. The van der Waals surface area contributed by atoms with E-state index in [1.807, 2.05) is 0 Å². The number of hydrogen-bond donors (Lipinski definition) is 2. The molecule has 0 aromatic heterocycles. The van der Waals surface area contributed by atoms with E-state index in [1.54, 1.807) is 13.8 Å². The lowest BCUT2D eigenvalue weighted by molar-refractivity contribution is -0.138. The van der Waals surface area contributed by atoms with Crippen LogP contribution in [0.1, 0.15) is 78.1 Å². The molecule has 0 radical (unpaired) electrons. The van der Waals surface area contributed by atoms with Crippen molar-refractivity contribution in [1.82, 2.24) is 0 Å². The van der Waals surface area contributed by atoms with Gasteiger partial charge in [0, 0.05) is 12.8 Å². The van der Waals surface area contributed by atoms with Crippen LogP contribution in [0.2, 0.25) is 0 Å². The zero-order chi connectivity index (χ0) is 20.1. The second-order valence-corrected chi connectivity index (χ2v) is 6.88. The highest BCUT2D eigenvalue weighted by Crippen LogP contribution is 2.25. The summed E-state index contributed by atoms with van der Waals surface area (Å²) in [5.74, 6) is -1.67. The van der Waals surface area contributed by atoms with Gasteiger partial charge < -0.3 is 10.2 Å². The third-order valence-corrected chi connectivity index (χ3v) is 4.08. The van der Waals surface area contributed by atoms with Gasteiger partial charge in [-0.2, -0.15) is 20.8 Å². The summed E-state index contributed by atoms with van der Waals surface area (Å²) < 4.78 is 0. The van der Waals surface area contributed by atoms with Gasteiger partial charge in [0.1, 0.15) is 0 Å². The Kier molecular flexibility index (Phi) is 10.8. The molecule has 0 saturated carbocycles. The highest BCUT2D eigenvalue weighted by molar-refractivity contribution is 5.66. The van der Waals surface area contributed by atoms with Gasteiger partial charge in [0.25, 0.3) is 0 Å². The Balaban J connectivity index is 4.50. The fourth-order valence-corrected chi connectivity index (χ4v) is 2.32. The molecule has 0 fully saturated rings. The predicted molar refractivity (Wildman–Crippen MR) is 94.3 cm³/mol. The molecule has 8 nitrogen and oxygen atoms in total. The molecule has 2 N–H and O–H groups in total. The fourth-order valence-electron chi connectivity index (χ4n) is 2.32. The van der Waals surface area contributed by atoms with Crippen molar-refractivity contribution in [2.45, 2.75) is 89.1 Å². The summed E-state index contributed by atoms with van der Waals surface area (Å²) in [7, 11) is 0. The largest absolute Gasteiger partial charge is 0.481 e. The van der Waals surface area contributed by atoms with Crippen molar-refractivity contribution in [1.29, 1.82) is 10.5 Å². The van der Waals surface area contributed by atoms with Crippen molar-refractivity contribution in [3.05, 3.63) is 0 Å². The Bertz CT molecular complexity index is 529. The van der Waals surface area contributed by atoms with Crippen molar-refractivity contribution in [2.75, 3.05) is 0 Å². The summed E-state index contributed by atoms with van der Waals surface area (Å²) in [4.78, 5) is 21.0. The summed E-state index contributed by atoms with van der Waals surface area (Å²) in [6.45, 7) is 3.30. The van der Waals surface area contributed by atoms with Crippen molar-refractivity contribution < 1.29 is 19.8 Å². The molecule has 0 spiro atoms. The van der Waals surface area contributed by atoms with E-state index >= 15 is 0 Å². The monoisotopic (exact) mass is 364 g/mol. The number of nitriles is 2. The van der Waals surface area contributed by atoms with Gasteiger partial charge in [0.15, 0.2) is 11.1 Å². The highest BCUT2D eigenvalue weighted by atomic mass is 16.4. The Morgan fingerprint density at radius 3 is 1.38 bits per heavy atom. The minimum Gasteiger partial charge on any atom is -0.481 e. The Hall–Kier alpha value is -2.48. The van der Waals surface area contributed by atoms with Gasteiger partial charge in [-0.1, -0.05) is 12.8 Å². The first-order valence-corrected chi connectivity index (χ1v) is 8.86. The topological polar surface area (TPSA) is 147 Å². The molecular weight excluding hydrogens is 336 g/mol. The molecule has 0 saturated heterocycles. The lowest BCUT2D eigenvalue weighted by Gasteiger charge is -2.19. The molecule has 0 amide bonds. The van der Waals surface area contributed by atoms with Crippen LogP contribution in [-0.4, -0.2) is 33.2 Å². The van der Waals surface area contributed by atoms with Gasteiger partial charge in [-0.05, 0) is 52.4 Å². The van der Waals surface area contributed by atoms with E-state index < -0.39 is 23.0 Å². The lowest BCUT2D eigenvalue weighted by Crippen LogP contribution is -2.23. The molecule has 0 rings (SSSR count). The molecule has 0 aliphatic carbocycles. The number of rotatable bonds is 14. The van der Waals surface area contributed by atoms with E-state index in [0.29, 0.717) is 51.4 Å². The average Bonchev–Trinajstić information content (AvgIpc) is 2.59.